The fourth-order valence-electron chi connectivity index (χ4n) is 1.23. The van der Waals surface area contributed by atoms with Crippen molar-refractivity contribution in [3.8, 4) is 0 Å². The third kappa shape index (κ3) is 1.31. The van der Waals surface area contributed by atoms with E-state index in [1.165, 1.54) is 6.20 Å². The molecule has 1 aromatic carbocycles. The van der Waals surface area contributed by atoms with Crippen LogP contribution >= 0.6 is 15.9 Å². The minimum Gasteiger partial charge on any atom is -0.355 e. The Balaban J connectivity index is 2.79. The molecule has 0 amide bonds. The van der Waals surface area contributed by atoms with E-state index in [0.29, 0.717) is 5.39 Å². The Morgan fingerprint density at radius 3 is 2.92 bits per heavy atom. The van der Waals surface area contributed by atoms with E-state index >= 15 is 0 Å². The average molecular weight is 241 g/mol. The number of nitro groups is 1. The van der Waals surface area contributed by atoms with E-state index in [1.807, 2.05) is 6.07 Å². The maximum Gasteiger partial charge on any atom is 0.294 e. The highest BCUT2D eigenvalue weighted by atomic mass is 79.9. The van der Waals surface area contributed by atoms with E-state index in [1.54, 1.807) is 12.1 Å². The van der Waals surface area contributed by atoms with E-state index in [-0.39, 0.29) is 5.69 Å². The van der Waals surface area contributed by atoms with Crippen LogP contribution in [-0.2, 0) is 0 Å². The smallest absolute Gasteiger partial charge is 0.294 e. The van der Waals surface area contributed by atoms with Crippen molar-refractivity contribution in [2.75, 3.05) is 0 Å². The lowest BCUT2D eigenvalue weighted by atomic mass is 10.2. The second kappa shape index (κ2) is 2.85. The van der Waals surface area contributed by atoms with Gasteiger partial charge in [0.15, 0.2) is 0 Å². The molecule has 0 fully saturated rings. The summed E-state index contributed by atoms with van der Waals surface area (Å²) in [5, 5.41) is 11.2. The molecule has 2 rings (SSSR count). The highest BCUT2D eigenvalue weighted by Crippen LogP contribution is 2.27. The number of rotatable bonds is 1. The quantitative estimate of drug-likeness (QED) is 0.616. The lowest BCUT2D eigenvalue weighted by Crippen LogP contribution is -1.84. The van der Waals surface area contributed by atoms with E-state index in [2.05, 4.69) is 20.9 Å². The minimum atomic E-state index is -0.398. The number of H-pyrrole nitrogens is 1. The Morgan fingerprint density at radius 2 is 2.23 bits per heavy atom. The number of hydrogen-bond donors (Lipinski definition) is 1. The molecule has 5 heteroatoms. The van der Waals surface area contributed by atoms with E-state index < -0.39 is 4.92 Å². The van der Waals surface area contributed by atoms with Crippen LogP contribution in [0.25, 0.3) is 10.9 Å². The van der Waals surface area contributed by atoms with Gasteiger partial charge < -0.3 is 4.98 Å². The molecule has 0 aliphatic heterocycles. The first-order valence-corrected chi connectivity index (χ1v) is 4.39. The molecule has 4 nitrogen and oxygen atoms in total. The van der Waals surface area contributed by atoms with Crippen LogP contribution < -0.4 is 0 Å². The summed E-state index contributed by atoms with van der Waals surface area (Å²) < 4.78 is 0.836. The van der Waals surface area contributed by atoms with Gasteiger partial charge in [-0.2, -0.15) is 0 Å². The first-order valence-electron chi connectivity index (χ1n) is 3.59. The standard InChI is InChI=1S/C8H5BrN2O2/c9-5-1-2-7-6(3-5)8(4-10-7)11(12)13/h1-4,10H. The van der Waals surface area contributed by atoms with Crippen LogP contribution in [0.3, 0.4) is 0 Å². The number of aromatic amines is 1. The van der Waals surface area contributed by atoms with Gasteiger partial charge in [-0.15, -0.1) is 0 Å². The second-order valence-corrected chi connectivity index (χ2v) is 3.54. The van der Waals surface area contributed by atoms with Crippen molar-refractivity contribution >= 4 is 32.5 Å². The van der Waals surface area contributed by atoms with Gasteiger partial charge in [0.2, 0.25) is 0 Å². The van der Waals surface area contributed by atoms with Crippen LogP contribution in [0.1, 0.15) is 0 Å². The first-order chi connectivity index (χ1) is 6.18. The monoisotopic (exact) mass is 240 g/mol. The summed E-state index contributed by atoms with van der Waals surface area (Å²) in [5.74, 6) is 0. The van der Waals surface area contributed by atoms with Gasteiger partial charge in [-0.3, -0.25) is 10.1 Å². The molecule has 1 heterocycles. The number of hydrogen-bond acceptors (Lipinski definition) is 2. The molecule has 0 bridgehead atoms. The zero-order valence-corrected chi connectivity index (χ0v) is 8.04. The lowest BCUT2D eigenvalue weighted by molar-refractivity contribution is -0.383. The fraction of sp³-hybridized carbons (Fsp3) is 0. The summed E-state index contributed by atoms with van der Waals surface area (Å²) in [7, 11) is 0. The van der Waals surface area contributed by atoms with Crippen molar-refractivity contribution in [1.82, 2.24) is 4.98 Å². The molecule has 0 saturated heterocycles. The predicted molar refractivity (Wildman–Crippen MR) is 52.7 cm³/mol. The van der Waals surface area contributed by atoms with Gasteiger partial charge in [0.1, 0.15) is 0 Å². The Labute approximate surface area is 81.8 Å². The van der Waals surface area contributed by atoms with Crippen LogP contribution in [-0.4, -0.2) is 9.91 Å². The highest BCUT2D eigenvalue weighted by Gasteiger charge is 2.12. The van der Waals surface area contributed by atoms with Crippen LogP contribution in [0.5, 0.6) is 0 Å². The topological polar surface area (TPSA) is 58.9 Å². The summed E-state index contributed by atoms with van der Waals surface area (Å²) in [6, 6.07) is 5.36. The highest BCUT2D eigenvalue weighted by molar-refractivity contribution is 9.10. The molecule has 13 heavy (non-hydrogen) atoms. The summed E-state index contributed by atoms with van der Waals surface area (Å²) in [6.07, 6.45) is 1.40. The Hall–Kier alpha value is -1.36. The van der Waals surface area contributed by atoms with Gasteiger partial charge in [-0.05, 0) is 18.2 Å². The van der Waals surface area contributed by atoms with Crippen molar-refractivity contribution in [3.63, 3.8) is 0 Å². The third-order valence-electron chi connectivity index (χ3n) is 1.82. The molecule has 1 N–H and O–H groups in total. The first kappa shape index (κ1) is 8.25. The van der Waals surface area contributed by atoms with Crippen LogP contribution in [0.15, 0.2) is 28.9 Å². The minimum absolute atomic E-state index is 0.108. The molecular weight excluding hydrogens is 236 g/mol. The summed E-state index contributed by atoms with van der Waals surface area (Å²) in [6.45, 7) is 0. The zero-order valence-electron chi connectivity index (χ0n) is 6.45. The predicted octanol–water partition coefficient (Wildman–Crippen LogP) is 2.84. The molecule has 0 aliphatic rings. The lowest BCUT2D eigenvalue weighted by Gasteiger charge is -1.90. The van der Waals surface area contributed by atoms with Gasteiger partial charge in [0, 0.05) is 4.47 Å². The van der Waals surface area contributed by atoms with Crippen LogP contribution in [0, 0.1) is 10.1 Å². The average Bonchev–Trinajstić information content (AvgIpc) is 2.46. The number of halogens is 1. The van der Waals surface area contributed by atoms with E-state index in [4.69, 9.17) is 0 Å². The molecule has 2 aromatic rings. The van der Waals surface area contributed by atoms with Gasteiger partial charge in [-0.1, -0.05) is 15.9 Å². The number of nitrogens with zero attached hydrogens (tertiary/aromatic N) is 1. The molecule has 0 unspecified atom stereocenters. The third-order valence-corrected chi connectivity index (χ3v) is 2.31. The SMILES string of the molecule is O=[N+]([O-])c1c[nH]c2ccc(Br)cc12. The maximum absolute atomic E-state index is 10.6. The van der Waals surface area contributed by atoms with Crippen molar-refractivity contribution in [3.05, 3.63) is 39.0 Å². The summed E-state index contributed by atoms with van der Waals surface area (Å²) >= 11 is 3.26. The van der Waals surface area contributed by atoms with Crippen molar-refractivity contribution in [1.29, 1.82) is 0 Å². The molecular formula is C8H5BrN2O2. The summed E-state index contributed by atoms with van der Waals surface area (Å²) in [4.78, 5) is 13.0. The molecule has 0 radical (unpaired) electrons. The molecule has 0 atom stereocenters. The van der Waals surface area contributed by atoms with Gasteiger partial charge >= 0.3 is 0 Å². The van der Waals surface area contributed by atoms with Crippen LogP contribution in [0.2, 0.25) is 0 Å². The van der Waals surface area contributed by atoms with Gasteiger partial charge in [0.25, 0.3) is 5.69 Å². The summed E-state index contributed by atoms with van der Waals surface area (Å²) in [5.41, 5.74) is 0.881. The largest absolute Gasteiger partial charge is 0.355 e. The van der Waals surface area contributed by atoms with Crippen molar-refractivity contribution in [2.45, 2.75) is 0 Å². The molecule has 1 aromatic heterocycles. The van der Waals surface area contributed by atoms with Crippen LogP contribution in [0.4, 0.5) is 5.69 Å². The van der Waals surface area contributed by atoms with Crippen molar-refractivity contribution in [2.24, 2.45) is 0 Å². The second-order valence-electron chi connectivity index (χ2n) is 2.62. The fourth-order valence-corrected chi connectivity index (χ4v) is 1.59. The maximum atomic E-state index is 10.6. The number of fused-ring (bicyclic) bond motifs is 1. The Morgan fingerprint density at radius 1 is 1.46 bits per heavy atom. The normalized spacial score (nSPS) is 10.5. The van der Waals surface area contributed by atoms with E-state index in [0.717, 1.165) is 9.99 Å². The van der Waals surface area contributed by atoms with Gasteiger partial charge in [0.05, 0.1) is 22.0 Å². The molecule has 0 saturated carbocycles. The number of benzene rings is 1. The molecule has 0 aliphatic carbocycles. The molecule has 66 valence electrons. The van der Waals surface area contributed by atoms with E-state index in [9.17, 15) is 10.1 Å². The van der Waals surface area contributed by atoms with Gasteiger partial charge in [-0.25, -0.2) is 0 Å². The number of nitrogens with one attached hydrogen (secondary N) is 1. The number of aromatic nitrogens is 1. The Kier molecular flexibility index (Phi) is 1.81. The molecule has 0 spiro atoms. The van der Waals surface area contributed by atoms with Crippen molar-refractivity contribution < 1.29 is 4.92 Å². The Bertz CT molecular complexity index is 478. The zero-order chi connectivity index (χ0) is 9.42.